The quantitative estimate of drug-likeness (QED) is 0.875. The molecule has 2 N–H and O–H groups in total. The molecule has 2 unspecified atom stereocenters. The summed E-state index contributed by atoms with van der Waals surface area (Å²) in [6.07, 6.45) is 5.73. The van der Waals surface area contributed by atoms with Gasteiger partial charge in [-0.1, -0.05) is 31.9 Å². The zero-order valence-electron chi connectivity index (χ0n) is 12.5. The highest BCUT2D eigenvalue weighted by atomic mass is 16.4. The summed E-state index contributed by atoms with van der Waals surface area (Å²) in [5.74, 6) is -0.130. The van der Waals surface area contributed by atoms with E-state index in [2.05, 4.69) is 12.2 Å². The van der Waals surface area contributed by atoms with Gasteiger partial charge in [-0.25, -0.2) is 4.79 Å². The molecule has 1 saturated carbocycles. The van der Waals surface area contributed by atoms with Crippen molar-refractivity contribution in [2.75, 3.05) is 0 Å². The number of carbonyl (C=O) groups is 2. The summed E-state index contributed by atoms with van der Waals surface area (Å²) >= 11 is 0. The number of aromatic carboxylic acids is 1. The van der Waals surface area contributed by atoms with Crippen LogP contribution in [-0.2, 0) is 11.2 Å². The standard InChI is InChI=1S/C17H23NO3/c1-12-3-2-4-15(11-12)18-16(19)10-7-13-5-8-14(9-6-13)17(20)21/h5-6,8-9,12,15H,2-4,7,10-11H2,1H3,(H,18,19)(H,20,21). The average Bonchev–Trinajstić information content (AvgIpc) is 2.45. The van der Waals surface area contributed by atoms with Gasteiger partial charge in [-0.15, -0.1) is 0 Å². The first-order chi connectivity index (χ1) is 10.0. The fourth-order valence-electron chi connectivity index (χ4n) is 2.94. The van der Waals surface area contributed by atoms with E-state index in [1.54, 1.807) is 24.3 Å². The lowest BCUT2D eigenvalue weighted by Crippen LogP contribution is -2.38. The van der Waals surface area contributed by atoms with Gasteiger partial charge in [-0.05, 0) is 42.9 Å². The molecule has 0 aliphatic heterocycles. The van der Waals surface area contributed by atoms with Crippen molar-refractivity contribution in [1.29, 1.82) is 0 Å². The Morgan fingerprint density at radius 2 is 1.95 bits per heavy atom. The molecule has 4 nitrogen and oxygen atoms in total. The summed E-state index contributed by atoms with van der Waals surface area (Å²) < 4.78 is 0. The summed E-state index contributed by atoms with van der Waals surface area (Å²) in [6, 6.07) is 7.05. The Balaban J connectivity index is 1.76. The molecule has 0 saturated heterocycles. The van der Waals surface area contributed by atoms with Crippen LogP contribution in [-0.4, -0.2) is 23.0 Å². The smallest absolute Gasteiger partial charge is 0.335 e. The fourth-order valence-corrected chi connectivity index (χ4v) is 2.94. The normalized spacial score (nSPS) is 21.8. The Hall–Kier alpha value is -1.84. The van der Waals surface area contributed by atoms with Gasteiger partial charge in [0.05, 0.1) is 5.56 Å². The van der Waals surface area contributed by atoms with Crippen LogP contribution in [0.15, 0.2) is 24.3 Å². The van der Waals surface area contributed by atoms with E-state index in [0.717, 1.165) is 18.4 Å². The summed E-state index contributed by atoms with van der Waals surface area (Å²) in [4.78, 5) is 22.7. The molecular weight excluding hydrogens is 266 g/mol. The largest absolute Gasteiger partial charge is 0.478 e. The molecular formula is C17H23NO3. The molecule has 1 aliphatic carbocycles. The van der Waals surface area contributed by atoms with E-state index in [9.17, 15) is 9.59 Å². The van der Waals surface area contributed by atoms with Gasteiger partial charge in [0, 0.05) is 12.5 Å². The predicted octanol–water partition coefficient (Wildman–Crippen LogP) is 3.01. The predicted molar refractivity (Wildman–Crippen MR) is 81.3 cm³/mol. The molecule has 21 heavy (non-hydrogen) atoms. The third-order valence-electron chi connectivity index (χ3n) is 4.14. The molecule has 1 aromatic carbocycles. The van der Waals surface area contributed by atoms with Crippen LogP contribution in [0.1, 0.15) is 54.9 Å². The van der Waals surface area contributed by atoms with Crippen molar-refractivity contribution in [3.63, 3.8) is 0 Å². The lowest BCUT2D eigenvalue weighted by molar-refractivity contribution is -0.122. The topological polar surface area (TPSA) is 66.4 Å². The minimum absolute atomic E-state index is 0.0939. The van der Waals surface area contributed by atoms with Crippen molar-refractivity contribution in [2.24, 2.45) is 5.92 Å². The average molecular weight is 289 g/mol. The number of carboxylic acids is 1. The number of carboxylic acid groups (broad SMARTS) is 1. The maximum absolute atomic E-state index is 12.0. The van der Waals surface area contributed by atoms with Crippen molar-refractivity contribution >= 4 is 11.9 Å². The second-order valence-electron chi connectivity index (χ2n) is 6.04. The summed E-state index contributed by atoms with van der Waals surface area (Å²) in [5, 5.41) is 11.9. The fraction of sp³-hybridized carbons (Fsp3) is 0.529. The van der Waals surface area contributed by atoms with Crippen LogP contribution in [0.25, 0.3) is 0 Å². The van der Waals surface area contributed by atoms with Crippen LogP contribution < -0.4 is 5.32 Å². The zero-order chi connectivity index (χ0) is 15.2. The molecule has 0 radical (unpaired) electrons. The SMILES string of the molecule is CC1CCCC(NC(=O)CCc2ccc(C(=O)O)cc2)C1. The van der Waals surface area contributed by atoms with Crippen LogP contribution in [0.4, 0.5) is 0 Å². The molecule has 1 aromatic rings. The molecule has 114 valence electrons. The van der Waals surface area contributed by atoms with Crippen LogP contribution in [0, 0.1) is 5.92 Å². The number of nitrogens with one attached hydrogen (secondary N) is 1. The van der Waals surface area contributed by atoms with E-state index < -0.39 is 5.97 Å². The highest BCUT2D eigenvalue weighted by Gasteiger charge is 2.20. The third kappa shape index (κ3) is 4.88. The minimum atomic E-state index is -0.925. The summed E-state index contributed by atoms with van der Waals surface area (Å²) in [6.45, 7) is 2.24. The first-order valence-corrected chi connectivity index (χ1v) is 7.66. The molecule has 1 amide bonds. The number of amides is 1. The maximum atomic E-state index is 12.0. The lowest BCUT2D eigenvalue weighted by atomic mass is 9.87. The number of hydrogen-bond donors (Lipinski definition) is 2. The van der Waals surface area contributed by atoms with Crippen LogP contribution in [0.2, 0.25) is 0 Å². The summed E-state index contributed by atoms with van der Waals surface area (Å²) in [5.41, 5.74) is 1.27. The van der Waals surface area contributed by atoms with Gasteiger partial charge in [-0.3, -0.25) is 4.79 Å². The Bertz CT molecular complexity index is 495. The summed E-state index contributed by atoms with van der Waals surface area (Å²) in [7, 11) is 0. The number of carbonyl (C=O) groups excluding carboxylic acids is 1. The molecule has 0 aromatic heterocycles. The van der Waals surface area contributed by atoms with Gasteiger partial charge in [0.15, 0.2) is 0 Å². The second kappa shape index (κ2) is 7.25. The first kappa shape index (κ1) is 15.5. The van der Waals surface area contributed by atoms with E-state index in [4.69, 9.17) is 5.11 Å². The number of aryl methyl sites for hydroxylation is 1. The van der Waals surface area contributed by atoms with Crippen molar-refractivity contribution in [3.05, 3.63) is 35.4 Å². The van der Waals surface area contributed by atoms with Gasteiger partial charge in [0.2, 0.25) is 5.91 Å². The lowest BCUT2D eigenvalue weighted by Gasteiger charge is -2.27. The van der Waals surface area contributed by atoms with Crippen LogP contribution in [0.5, 0.6) is 0 Å². The highest BCUT2D eigenvalue weighted by molar-refractivity contribution is 5.87. The Morgan fingerprint density at radius 1 is 1.24 bits per heavy atom. The number of hydrogen-bond acceptors (Lipinski definition) is 2. The Labute approximate surface area is 125 Å². The van der Waals surface area contributed by atoms with E-state index in [1.807, 2.05) is 0 Å². The van der Waals surface area contributed by atoms with Crippen molar-refractivity contribution in [1.82, 2.24) is 5.32 Å². The van der Waals surface area contributed by atoms with Gasteiger partial charge in [0.1, 0.15) is 0 Å². The minimum Gasteiger partial charge on any atom is -0.478 e. The molecule has 4 heteroatoms. The Kier molecular flexibility index (Phi) is 5.37. The third-order valence-corrected chi connectivity index (χ3v) is 4.14. The van der Waals surface area contributed by atoms with Gasteiger partial charge >= 0.3 is 5.97 Å². The van der Waals surface area contributed by atoms with Gasteiger partial charge in [-0.2, -0.15) is 0 Å². The second-order valence-corrected chi connectivity index (χ2v) is 6.04. The molecule has 0 spiro atoms. The van der Waals surface area contributed by atoms with E-state index in [1.165, 1.54) is 12.8 Å². The van der Waals surface area contributed by atoms with E-state index >= 15 is 0 Å². The zero-order valence-corrected chi connectivity index (χ0v) is 12.5. The van der Waals surface area contributed by atoms with Crippen molar-refractivity contribution < 1.29 is 14.7 Å². The molecule has 1 fully saturated rings. The monoisotopic (exact) mass is 289 g/mol. The Morgan fingerprint density at radius 3 is 2.57 bits per heavy atom. The van der Waals surface area contributed by atoms with Crippen molar-refractivity contribution in [3.8, 4) is 0 Å². The van der Waals surface area contributed by atoms with Crippen LogP contribution in [0.3, 0.4) is 0 Å². The van der Waals surface area contributed by atoms with E-state index in [-0.39, 0.29) is 11.5 Å². The maximum Gasteiger partial charge on any atom is 0.335 e. The number of benzene rings is 1. The van der Waals surface area contributed by atoms with Crippen LogP contribution >= 0.6 is 0 Å². The highest BCUT2D eigenvalue weighted by Crippen LogP contribution is 2.23. The molecule has 1 aliphatic rings. The molecule has 0 heterocycles. The van der Waals surface area contributed by atoms with Gasteiger partial charge < -0.3 is 10.4 Å². The molecule has 2 atom stereocenters. The van der Waals surface area contributed by atoms with E-state index in [0.29, 0.717) is 24.8 Å². The van der Waals surface area contributed by atoms with Gasteiger partial charge in [0.25, 0.3) is 0 Å². The first-order valence-electron chi connectivity index (χ1n) is 7.66. The molecule has 0 bridgehead atoms. The number of rotatable bonds is 5. The van der Waals surface area contributed by atoms with Crippen molar-refractivity contribution in [2.45, 2.75) is 51.5 Å². The molecule has 2 rings (SSSR count).